The van der Waals surface area contributed by atoms with E-state index in [1.54, 1.807) is 0 Å². The van der Waals surface area contributed by atoms with E-state index in [2.05, 4.69) is 41.4 Å². The first-order valence-corrected chi connectivity index (χ1v) is 8.50. The second-order valence-corrected chi connectivity index (χ2v) is 6.48. The smallest absolute Gasteiger partial charge is 0.119 e. The molecule has 1 aliphatic heterocycles. The van der Waals surface area contributed by atoms with Crippen molar-refractivity contribution in [3.63, 3.8) is 0 Å². The molecule has 0 spiro atoms. The van der Waals surface area contributed by atoms with Gasteiger partial charge >= 0.3 is 0 Å². The fourth-order valence-corrected chi connectivity index (χ4v) is 3.78. The van der Waals surface area contributed by atoms with E-state index in [1.807, 2.05) is 0 Å². The van der Waals surface area contributed by atoms with Crippen LogP contribution in [0, 0.1) is 11.8 Å². The fourth-order valence-electron chi connectivity index (χ4n) is 3.78. The molecule has 1 aromatic rings. The molecule has 0 bridgehead atoms. The molecule has 3 rings (SSSR count). The molecule has 0 radical (unpaired) electrons. The quantitative estimate of drug-likeness (QED) is 0.835. The SMILES string of the molecule is CCNCc1ccc(OCCN2CC3CCCC3C2)cc1. The van der Waals surface area contributed by atoms with Crippen molar-refractivity contribution in [1.29, 1.82) is 0 Å². The number of rotatable bonds is 7. The average molecular weight is 288 g/mol. The first-order chi connectivity index (χ1) is 10.3. The molecule has 0 aromatic heterocycles. The van der Waals surface area contributed by atoms with Gasteiger partial charge in [-0.1, -0.05) is 25.5 Å². The van der Waals surface area contributed by atoms with Crippen molar-refractivity contribution in [3.05, 3.63) is 29.8 Å². The maximum atomic E-state index is 5.89. The highest BCUT2D eigenvalue weighted by molar-refractivity contribution is 5.27. The van der Waals surface area contributed by atoms with Crippen molar-refractivity contribution in [3.8, 4) is 5.75 Å². The fraction of sp³-hybridized carbons (Fsp3) is 0.667. The molecule has 2 atom stereocenters. The van der Waals surface area contributed by atoms with Gasteiger partial charge in [-0.3, -0.25) is 4.90 Å². The van der Waals surface area contributed by atoms with Gasteiger partial charge in [-0.05, 0) is 48.9 Å². The van der Waals surface area contributed by atoms with Crippen LogP contribution in [0.2, 0.25) is 0 Å². The molecule has 1 saturated carbocycles. The van der Waals surface area contributed by atoms with Crippen LogP contribution in [-0.2, 0) is 6.54 Å². The van der Waals surface area contributed by atoms with Crippen LogP contribution in [0.15, 0.2) is 24.3 Å². The summed E-state index contributed by atoms with van der Waals surface area (Å²) in [6, 6.07) is 8.48. The normalized spacial score (nSPS) is 25.2. The van der Waals surface area contributed by atoms with Crippen LogP contribution in [0.3, 0.4) is 0 Å². The maximum Gasteiger partial charge on any atom is 0.119 e. The van der Waals surface area contributed by atoms with Gasteiger partial charge in [-0.25, -0.2) is 0 Å². The number of ether oxygens (including phenoxy) is 1. The summed E-state index contributed by atoms with van der Waals surface area (Å²) >= 11 is 0. The molecule has 1 heterocycles. The molecular weight excluding hydrogens is 260 g/mol. The van der Waals surface area contributed by atoms with E-state index < -0.39 is 0 Å². The van der Waals surface area contributed by atoms with Crippen LogP contribution in [-0.4, -0.2) is 37.7 Å². The molecular formula is C18H28N2O. The summed E-state index contributed by atoms with van der Waals surface area (Å²) in [4.78, 5) is 2.59. The van der Waals surface area contributed by atoms with Crippen LogP contribution in [0.1, 0.15) is 31.7 Å². The van der Waals surface area contributed by atoms with E-state index >= 15 is 0 Å². The molecule has 116 valence electrons. The Bertz CT molecular complexity index is 419. The van der Waals surface area contributed by atoms with E-state index in [0.29, 0.717) is 0 Å². The summed E-state index contributed by atoms with van der Waals surface area (Å²) in [5.74, 6) is 2.96. The molecule has 2 unspecified atom stereocenters. The molecule has 1 aliphatic carbocycles. The number of benzene rings is 1. The molecule has 2 fully saturated rings. The lowest BCUT2D eigenvalue weighted by molar-refractivity contribution is 0.227. The van der Waals surface area contributed by atoms with Gasteiger partial charge in [0.2, 0.25) is 0 Å². The topological polar surface area (TPSA) is 24.5 Å². The van der Waals surface area contributed by atoms with Crippen LogP contribution in [0.25, 0.3) is 0 Å². The highest BCUT2D eigenvalue weighted by Gasteiger charge is 2.35. The van der Waals surface area contributed by atoms with Gasteiger partial charge in [0.15, 0.2) is 0 Å². The molecule has 2 aliphatic rings. The third kappa shape index (κ3) is 3.98. The minimum absolute atomic E-state index is 0.812. The van der Waals surface area contributed by atoms with E-state index in [-0.39, 0.29) is 0 Å². The lowest BCUT2D eigenvalue weighted by Gasteiger charge is -2.17. The first-order valence-electron chi connectivity index (χ1n) is 8.50. The molecule has 1 saturated heterocycles. The summed E-state index contributed by atoms with van der Waals surface area (Å²) in [5, 5.41) is 3.34. The van der Waals surface area contributed by atoms with Crippen molar-refractivity contribution in [2.45, 2.75) is 32.7 Å². The molecule has 21 heavy (non-hydrogen) atoms. The maximum absolute atomic E-state index is 5.89. The number of nitrogens with one attached hydrogen (secondary N) is 1. The summed E-state index contributed by atoms with van der Waals surface area (Å²) in [6.45, 7) is 8.57. The van der Waals surface area contributed by atoms with Gasteiger partial charge in [0.1, 0.15) is 12.4 Å². The number of hydrogen-bond donors (Lipinski definition) is 1. The minimum Gasteiger partial charge on any atom is -0.492 e. The van der Waals surface area contributed by atoms with Crippen molar-refractivity contribution in [2.75, 3.05) is 32.8 Å². The second kappa shape index (κ2) is 7.28. The Morgan fingerprint density at radius 2 is 1.86 bits per heavy atom. The van der Waals surface area contributed by atoms with E-state index in [1.165, 1.54) is 37.9 Å². The van der Waals surface area contributed by atoms with Crippen molar-refractivity contribution >= 4 is 0 Å². The monoisotopic (exact) mass is 288 g/mol. The lowest BCUT2D eigenvalue weighted by Crippen LogP contribution is -2.27. The van der Waals surface area contributed by atoms with Crippen LogP contribution < -0.4 is 10.1 Å². The predicted octanol–water partition coefficient (Wildman–Crippen LogP) is 2.91. The predicted molar refractivity (Wildman–Crippen MR) is 86.6 cm³/mol. The van der Waals surface area contributed by atoms with Gasteiger partial charge in [0, 0.05) is 26.2 Å². The summed E-state index contributed by atoms with van der Waals surface area (Å²) in [7, 11) is 0. The Balaban J connectivity index is 1.37. The third-order valence-corrected chi connectivity index (χ3v) is 4.98. The zero-order valence-electron chi connectivity index (χ0n) is 13.2. The number of fused-ring (bicyclic) bond motifs is 1. The zero-order chi connectivity index (χ0) is 14.5. The number of nitrogens with zero attached hydrogens (tertiary/aromatic N) is 1. The Hall–Kier alpha value is -1.06. The van der Waals surface area contributed by atoms with Crippen molar-refractivity contribution in [1.82, 2.24) is 10.2 Å². The number of hydrogen-bond acceptors (Lipinski definition) is 3. The van der Waals surface area contributed by atoms with Crippen LogP contribution in [0.4, 0.5) is 0 Å². The molecule has 1 aromatic carbocycles. The Labute approximate surface area is 128 Å². The lowest BCUT2D eigenvalue weighted by atomic mass is 10.0. The van der Waals surface area contributed by atoms with Crippen molar-refractivity contribution < 1.29 is 4.74 Å². The van der Waals surface area contributed by atoms with Gasteiger partial charge in [0.05, 0.1) is 0 Å². The standard InChI is InChI=1S/C18H28N2O/c1-2-19-12-15-6-8-18(9-7-15)21-11-10-20-13-16-4-3-5-17(16)14-20/h6-9,16-17,19H,2-5,10-14H2,1H3. The molecule has 3 heteroatoms. The molecule has 3 nitrogen and oxygen atoms in total. The van der Waals surface area contributed by atoms with E-state index in [9.17, 15) is 0 Å². The first kappa shape index (κ1) is 14.9. The third-order valence-electron chi connectivity index (χ3n) is 4.98. The Morgan fingerprint density at radius 1 is 1.14 bits per heavy atom. The number of likely N-dealkylation sites (tertiary alicyclic amines) is 1. The highest BCUT2D eigenvalue weighted by atomic mass is 16.5. The zero-order valence-corrected chi connectivity index (χ0v) is 13.2. The Morgan fingerprint density at radius 3 is 2.52 bits per heavy atom. The average Bonchev–Trinajstić information content (AvgIpc) is 3.08. The van der Waals surface area contributed by atoms with Gasteiger partial charge < -0.3 is 10.1 Å². The van der Waals surface area contributed by atoms with Crippen molar-refractivity contribution in [2.24, 2.45) is 11.8 Å². The highest BCUT2D eigenvalue weighted by Crippen LogP contribution is 2.37. The second-order valence-electron chi connectivity index (χ2n) is 6.48. The van der Waals surface area contributed by atoms with Gasteiger partial charge in [-0.15, -0.1) is 0 Å². The van der Waals surface area contributed by atoms with Gasteiger partial charge in [-0.2, -0.15) is 0 Å². The van der Waals surface area contributed by atoms with E-state index in [4.69, 9.17) is 4.74 Å². The minimum atomic E-state index is 0.812. The van der Waals surface area contributed by atoms with Crippen LogP contribution in [0.5, 0.6) is 5.75 Å². The largest absolute Gasteiger partial charge is 0.492 e. The summed E-state index contributed by atoms with van der Waals surface area (Å²) in [5.41, 5.74) is 1.32. The Kier molecular flexibility index (Phi) is 5.15. The summed E-state index contributed by atoms with van der Waals surface area (Å²) < 4.78 is 5.89. The molecule has 1 N–H and O–H groups in total. The van der Waals surface area contributed by atoms with Gasteiger partial charge in [0.25, 0.3) is 0 Å². The van der Waals surface area contributed by atoms with E-state index in [0.717, 1.165) is 43.8 Å². The van der Waals surface area contributed by atoms with Crippen LogP contribution >= 0.6 is 0 Å². The summed E-state index contributed by atoms with van der Waals surface area (Å²) in [6.07, 6.45) is 4.36. The molecule has 0 amide bonds.